The SMILES string of the molecule is Cc1cc(C)cc(CSc2cccc(F)c2C=O)c1. The zero-order valence-corrected chi connectivity index (χ0v) is 11.8. The Balaban J connectivity index is 2.19. The molecule has 0 radical (unpaired) electrons. The molecule has 2 aromatic carbocycles. The average Bonchev–Trinajstić information content (AvgIpc) is 2.35. The molecule has 0 aromatic heterocycles. The summed E-state index contributed by atoms with van der Waals surface area (Å²) in [6, 6.07) is 11.1. The number of rotatable bonds is 4. The van der Waals surface area contributed by atoms with Gasteiger partial charge >= 0.3 is 0 Å². The summed E-state index contributed by atoms with van der Waals surface area (Å²) >= 11 is 1.49. The van der Waals surface area contributed by atoms with Crippen molar-refractivity contribution in [1.82, 2.24) is 0 Å². The van der Waals surface area contributed by atoms with Gasteiger partial charge in [-0.2, -0.15) is 0 Å². The van der Waals surface area contributed by atoms with Gasteiger partial charge in [0.1, 0.15) is 5.82 Å². The minimum Gasteiger partial charge on any atom is -0.298 e. The molecule has 0 saturated carbocycles. The van der Waals surface area contributed by atoms with E-state index in [1.54, 1.807) is 12.1 Å². The van der Waals surface area contributed by atoms with E-state index < -0.39 is 5.82 Å². The van der Waals surface area contributed by atoms with Crippen LogP contribution in [0.2, 0.25) is 0 Å². The van der Waals surface area contributed by atoms with Crippen molar-refractivity contribution in [2.75, 3.05) is 0 Å². The van der Waals surface area contributed by atoms with Gasteiger partial charge in [-0.25, -0.2) is 4.39 Å². The van der Waals surface area contributed by atoms with Crippen LogP contribution in [0.4, 0.5) is 4.39 Å². The molecule has 0 aliphatic heterocycles. The lowest BCUT2D eigenvalue weighted by Crippen LogP contribution is -1.92. The maximum absolute atomic E-state index is 13.5. The van der Waals surface area contributed by atoms with Crippen LogP contribution in [0.3, 0.4) is 0 Å². The fourth-order valence-corrected chi connectivity index (χ4v) is 3.04. The first-order valence-corrected chi connectivity index (χ1v) is 7.02. The predicted molar refractivity (Wildman–Crippen MR) is 77.3 cm³/mol. The molecule has 0 fully saturated rings. The molecule has 3 heteroatoms. The standard InChI is InChI=1S/C16H15FOS/c1-11-6-12(2)8-13(7-11)10-19-16-5-3-4-15(17)14(16)9-18/h3-9H,10H2,1-2H3. The van der Waals surface area contributed by atoms with Gasteiger partial charge in [-0.3, -0.25) is 4.79 Å². The van der Waals surface area contributed by atoms with E-state index in [0.717, 1.165) is 5.75 Å². The number of carbonyl (C=O) groups excluding carboxylic acids is 1. The van der Waals surface area contributed by atoms with Crippen LogP contribution in [0.25, 0.3) is 0 Å². The number of benzene rings is 2. The molecule has 0 amide bonds. The van der Waals surface area contributed by atoms with Gasteiger partial charge < -0.3 is 0 Å². The monoisotopic (exact) mass is 274 g/mol. The van der Waals surface area contributed by atoms with E-state index in [-0.39, 0.29) is 5.56 Å². The van der Waals surface area contributed by atoms with Gasteiger partial charge in [0.25, 0.3) is 0 Å². The Morgan fingerprint density at radius 1 is 1.16 bits per heavy atom. The molecule has 0 heterocycles. The third-order valence-electron chi connectivity index (χ3n) is 2.81. The molecule has 0 unspecified atom stereocenters. The second-order valence-electron chi connectivity index (χ2n) is 4.55. The number of halogens is 1. The minimum atomic E-state index is -0.458. The first-order valence-electron chi connectivity index (χ1n) is 6.04. The van der Waals surface area contributed by atoms with Gasteiger partial charge in [0, 0.05) is 10.6 Å². The summed E-state index contributed by atoms with van der Waals surface area (Å²) in [5.41, 5.74) is 3.76. The Bertz CT molecular complexity index is 587. The zero-order valence-electron chi connectivity index (χ0n) is 10.9. The Labute approximate surface area is 116 Å². The molecule has 0 spiro atoms. The summed E-state index contributed by atoms with van der Waals surface area (Å²) < 4.78 is 13.5. The number of hydrogen-bond donors (Lipinski definition) is 0. The van der Waals surface area contributed by atoms with E-state index in [4.69, 9.17) is 0 Å². The molecule has 0 aliphatic carbocycles. The van der Waals surface area contributed by atoms with Crippen molar-refractivity contribution < 1.29 is 9.18 Å². The van der Waals surface area contributed by atoms with Gasteiger partial charge in [0.15, 0.2) is 6.29 Å². The summed E-state index contributed by atoms with van der Waals surface area (Å²) in [7, 11) is 0. The van der Waals surface area contributed by atoms with Crippen molar-refractivity contribution in [3.05, 3.63) is 64.5 Å². The zero-order chi connectivity index (χ0) is 13.8. The molecule has 2 rings (SSSR count). The average molecular weight is 274 g/mol. The third kappa shape index (κ3) is 3.44. The third-order valence-corrected chi connectivity index (χ3v) is 3.95. The van der Waals surface area contributed by atoms with Gasteiger partial charge in [-0.05, 0) is 31.5 Å². The first-order chi connectivity index (χ1) is 9.10. The van der Waals surface area contributed by atoms with Crippen LogP contribution in [-0.2, 0) is 5.75 Å². The molecule has 1 nitrogen and oxygen atoms in total. The van der Waals surface area contributed by atoms with Crippen LogP contribution < -0.4 is 0 Å². The molecule has 19 heavy (non-hydrogen) atoms. The summed E-state index contributed by atoms with van der Waals surface area (Å²) in [5.74, 6) is 0.271. The highest BCUT2D eigenvalue weighted by Gasteiger charge is 2.08. The summed E-state index contributed by atoms with van der Waals surface area (Å²) in [5, 5.41) is 0. The second kappa shape index (κ2) is 6.02. The summed E-state index contributed by atoms with van der Waals surface area (Å²) in [6.07, 6.45) is 0.582. The number of thioether (sulfide) groups is 1. The van der Waals surface area contributed by atoms with Crippen LogP contribution in [-0.4, -0.2) is 6.29 Å². The molecule has 0 atom stereocenters. The molecule has 0 aliphatic rings. The van der Waals surface area contributed by atoms with E-state index >= 15 is 0 Å². The molecular weight excluding hydrogens is 259 g/mol. The van der Waals surface area contributed by atoms with Crippen molar-refractivity contribution in [2.45, 2.75) is 24.5 Å². The minimum absolute atomic E-state index is 0.150. The highest BCUT2D eigenvalue weighted by atomic mass is 32.2. The lowest BCUT2D eigenvalue weighted by Gasteiger charge is -2.07. The summed E-state index contributed by atoms with van der Waals surface area (Å²) in [4.78, 5) is 11.6. The Hall–Kier alpha value is -1.61. The maximum atomic E-state index is 13.5. The highest BCUT2D eigenvalue weighted by Crippen LogP contribution is 2.27. The van der Waals surface area contributed by atoms with Crippen molar-refractivity contribution in [3.8, 4) is 0 Å². The Kier molecular flexibility index (Phi) is 4.38. The van der Waals surface area contributed by atoms with Crippen molar-refractivity contribution in [3.63, 3.8) is 0 Å². The lowest BCUT2D eigenvalue weighted by molar-refractivity contribution is 0.111. The number of aldehydes is 1. The lowest BCUT2D eigenvalue weighted by atomic mass is 10.1. The topological polar surface area (TPSA) is 17.1 Å². The Morgan fingerprint density at radius 2 is 1.84 bits per heavy atom. The second-order valence-corrected chi connectivity index (χ2v) is 5.57. The van der Waals surface area contributed by atoms with E-state index in [1.165, 1.54) is 34.5 Å². The van der Waals surface area contributed by atoms with Crippen LogP contribution in [0.1, 0.15) is 27.0 Å². The summed E-state index contributed by atoms with van der Waals surface area (Å²) in [6.45, 7) is 4.11. The smallest absolute Gasteiger partial charge is 0.154 e. The quantitative estimate of drug-likeness (QED) is 0.601. The maximum Gasteiger partial charge on any atom is 0.154 e. The van der Waals surface area contributed by atoms with Gasteiger partial charge in [-0.15, -0.1) is 11.8 Å². The highest BCUT2D eigenvalue weighted by molar-refractivity contribution is 7.98. The molecule has 2 aromatic rings. The number of aryl methyl sites for hydroxylation is 2. The predicted octanol–water partition coefficient (Wildman–Crippen LogP) is 4.55. The molecule has 0 bridgehead atoms. The largest absolute Gasteiger partial charge is 0.298 e. The molecule has 0 saturated heterocycles. The Morgan fingerprint density at radius 3 is 2.47 bits per heavy atom. The molecule has 0 N–H and O–H groups in total. The van der Waals surface area contributed by atoms with E-state index in [2.05, 4.69) is 32.0 Å². The van der Waals surface area contributed by atoms with Crippen molar-refractivity contribution in [2.24, 2.45) is 0 Å². The molecular formula is C16H15FOS. The van der Waals surface area contributed by atoms with Crippen LogP contribution in [0, 0.1) is 19.7 Å². The van der Waals surface area contributed by atoms with E-state index in [9.17, 15) is 9.18 Å². The van der Waals surface area contributed by atoms with Crippen LogP contribution in [0.15, 0.2) is 41.3 Å². The molecule has 98 valence electrons. The first kappa shape index (κ1) is 13.8. The number of carbonyl (C=O) groups is 1. The van der Waals surface area contributed by atoms with Crippen molar-refractivity contribution >= 4 is 18.0 Å². The normalized spacial score (nSPS) is 10.5. The van der Waals surface area contributed by atoms with Crippen molar-refractivity contribution in [1.29, 1.82) is 0 Å². The van der Waals surface area contributed by atoms with E-state index in [0.29, 0.717) is 11.2 Å². The fourth-order valence-electron chi connectivity index (χ4n) is 2.07. The fraction of sp³-hybridized carbons (Fsp3) is 0.188. The van der Waals surface area contributed by atoms with Crippen LogP contribution >= 0.6 is 11.8 Å². The van der Waals surface area contributed by atoms with E-state index in [1.807, 2.05) is 0 Å². The van der Waals surface area contributed by atoms with Gasteiger partial charge in [0.05, 0.1) is 5.56 Å². The van der Waals surface area contributed by atoms with Gasteiger partial charge in [-0.1, -0.05) is 35.4 Å². The van der Waals surface area contributed by atoms with Crippen LogP contribution in [0.5, 0.6) is 0 Å². The number of hydrogen-bond acceptors (Lipinski definition) is 2. The van der Waals surface area contributed by atoms with Gasteiger partial charge in [0.2, 0.25) is 0 Å².